The van der Waals surface area contributed by atoms with Crippen LogP contribution >= 0.6 is 0 Å². The Labute approximate surface area is 177 Å². The molecule has 0 aliphatic carbocycles. The number of benzene rings is 2. The van der Waals surface area contributed by atoms with Crippen molar-refractivity contribution in [3.05, 3.63) is 54.4 Å². The van der Waals surface area contributed by atoms with Gasteiger partial charge in [0, 0.05) is 35.6 Å². The van der Waals surface area contributed by atoms with Gasteiger partial charge in [-0.15, -0.1) is 0 Å². The highest BCUT2D eigenvalue weighted by Gasteiger charge is 2.28. The molecule has 5 rings (SSSR count). The molecule has 1 saturated heterocycles. The Bertz CT molecular complexity index is 1310. The Morgan fingerprint density at radius 1 is 1.06 bits per heavy atom. The molecular formula is C22H20N6O3. The first-order chi connectivity index (χ1) is 15.0. The van der Waals surface area contributed by atoms with Crippen LogP contribution in [0.5, 0.6) is 0 Å². The summed E-state index contributed by atoms with van der Waals surface area (Å²) in [5.41, 5.74) is 8.10. The number of amides is 2. The molecule has 3 N–H and O–H groups in total. The van der Waals surface area contributed by atoms with Crippen molar-refractivity contribution < 1.29 is 14.7 Å². The summed E-state index contributed by atoms with van der Waals surface area (Å²) in [5.74, 6) is -0.0296. The smallest absolute Gasteiger partial charge is 0.407 e. The first-order valence-electron chi connectivity index (χ1n) is 10.0. The lowest BCUT2D eigenvalue weighted by Crippen LogP contribution is -2.38. The van der Waals surface area contributed by atoms with Crippen molar-refractivity contribution in [2.24, 2.45) is 5.73 Å². The molecule has 0 saturated carbocycles. The van der Waals surface area contributed by atoms with Crippen LogP contribution in [0.3, 0.4) is 0 Å². The van der Waals surface area contributed by atoms with Gasteiger partial charge in [-0.25, -0.2) is 14.8 Å². The normalized spacial score (nSPS) is 14.9. The first-order valence-corrected chi connectivity index (χ1v) is 10.0. The lowest BCUT2D eigenvalue weighted by Gasteiger charge is -2.30. The van der Waals surface area contributed by atoms with Crippen LogP contribution in [0, 0.1) is 0 Å². The Hall–Kier alpha value is -4.01. The maximum absolute atomic E-state index is 12.1. The van der Waals surface area contributed by atoms with Gasteiger partial charge in [0.25, 0.3) is 5.91 Å². The molecule has 0 atom stereocenters. The van der Waals surface area contributed by atoms with E-state index >= 15 is 0 Å². The van der Waals surface area contributed by atoms with Crippen molar-refractivity contribution in [2.45, 2.75) is 18.9 Å². The van der Waals surface area contributed by atoms with E-state index in [4.69, 9.17) is 10.7 Å². The average molecular weight is 416 g/mol. The Kier molecular flexibility index (Phi) is 4.50. The van der Waals surface area contributed by atoms with E-state index in [1.165, 1.54) is 4.90 Å². The minimum atomic E-state index is -0.924. The van der Waals surface area contributed by atoms with Crippen LogP contribution in [0.2, 0.25) is 0 Å². The van der Waals surface area contributed by atoms with Gasteiger partial charge in [0.15, 0.2) is 11.5 Å². The lowest BCUT2D eigenvalue weighted by atomic mass is 10.0. The zero-order valence-corrected chi connectivity index (χ0v) is 16.6. The van der Waals surface area contributed by atoms with E-state index in [9.17, 15) is 14.7 Å². The molecule has 0 unspecified atom stereocenters. The van der Waals surface area contributed by atoms with E-state index in [0.29, 0.717) is 42.7 Å². The number of nitrogens with zero attached hydrogens (tertiary/aromatic N) is 5. The van der Waals surface area contributed by atoms with Gasteiger partial charge in [0.2, 0.25) is 0 Å². The Morgan fingerprint density at radius 3 is 2.48 bits per heavy atom. The van der Waals surface area contributed by atoms with Crippen molar-refractivity contribution in [1.82, 2.24) is 24.6 Å². The number of piperidine rings is 1. The maximum Gasteiger partial charge on any atom is 0.407 e. The fourth-order valence-corrected chi connectivity index (χ4v) is 4.19. The first kappa shape index (κ1) is 19.0. The zero-order valence-electron chi connectivity index (χ0n) is 16.6. The summed E-state index contributed by atoms with van der Waals surface area (Å²) in [7, 11) is 0. The molecule has 156 valence electrons. The molecule has 1 fully saturated rings. The van der Waals surface area contributed by atoms with Crippen molar-refractivity contribution in [2.75, 3.05) is 13.1 Å². The molecule has 2 aromatic carbocycles. The number of likely N-dealkylation sites (tertiary alicyclic amines) is 1. The van der Waals surface area contributed by atoms with Crippen molar-refractivity contribution >= 4 is 33.8 Å². The zero-order chi connectivity index (χ0) is 21.5. The molecule has 0 bridgehead atoms. The largest absolute Gasteiger partial charge is 0.465 e. The molecular weight excluding hydrogens is 396 g/mol. The predicted molar refractivity (Wildman–Crippen MR) is 115 cm³/mol. The SMILES string of the molecule is NC(=O)c1nn(C2CCN(C(=O)O)CC2)c2c1ccc1cnc(-c3ccccc3)nc12. The number of hydrogen-bond acceptors (Lipinski definition) is 5. The molecule has 0 spiro atoms. The van der Waals surface area contributed by atoms with Crippen LogP contribution in [-0.2, 0) is 0 Å². The Balaban J connectivity index is 1.70. The number of fused-ring (bicyclic) bond motifs is 3. The van der Waals surface area contributed by atoms with Crippen LogP contribution in [0.15, 0.2) is 48.7 Å². The highest BCUT2D eigenvalue weighted by Crippen LogP contribution is 2.33. The number of aromatic nitrogens is 4. The fraction of sp³-hybridized carbons (Fsp3) is 0.227. The van der Waals surface area contributed by atoms with Gasteiger partial charge in [0.05, 0.1) is 11.6 Å². The molecule has 9 heteroatoms. The minimum Gasteiger partial charge on any atom is -0.465 e. The van der Waals surface area contributed by atoms with Gasteiger partial charge in [-0.2, -0.15) is 5.10 Å². The van der Waals surface area contributed by atoms with E-state index < -0.39 is 12.0 Å². The summed E-state index contributed by atoms with van der Waals surface area (Å²) in [5, 5.41) is 15.3. The molecule has 2 aromatic heterocycles. The van der Waals surface area contributed by atoms with Crippen molar-refractivity contribution in [3.8, 4) is 11.4 Å². The Morgan fingerprint density at radius 2 is 1.81 bits per heavy atom. The number of nitrogens with two attached hydrogens (primary N) is 1. The highest BCUT2D eigenvalue weighted by molar-refractivity contribution is 6.11. The lowest BCUT2D eigenvalue weighted by molar-refractivity contribution is 0.0995. The number of carboxylic acid groups (broad SMARTS) is 1. The van der Waals surface area contributed by atoms with Crippen LogP contribution in [0.4, 0.5) is 4.79 Å². The van der Waals surface area contributed by atoms with E-state index in [-0.39, 0.29) is 11.7 Å². The molecule has 2 amide bonds. The van der Waals surface area contributed by atoms with Crippen LogP contribution in [0.1, 0.15) is 29.4 Å². The van der Waals surface area contributed by atoms with E-state index in [1.54, 1.807) is 10.9 Å². The summed E-state index contributed by atoms with van der Waals surface area (Å²) in [6.07, 6.45) is 2.02. The number of primary amides is 1. The predicted octanol–water partition coefficient (Wildman–Crippen LogP) is 3.06. The third-order valence-corrected chi connectivity index (χ3v) is 5.76. The fourth-order valence-electron chi connectivity index (χ4n) is 4.19. The molecule has 9 nitrogen and oxygen atoms in total. The summed E-state index contributed by atoms with van der Waals surface area (Å²) >= 11 is 0. The number of carbonyl (C=O) groups excluding carboxylic acids is 1. The van der Waals surface area contributed by atoms with Gasteiger partial charge in [0.1, 0.15) is 5.52 Å². The monoisotopic (exact) mass is 416 g/mol. The van der Waals surface area contributed by atoms with Crippen LogP contribution in [-0.4, -0.2) is 54.8 Å². The van der Waals surface area contributed by atoms with Gasteiger partial charge in [-0.1, -0.05) is 36.4 Å². The molecule has 0 radical (unpaired) electrons. The second kappa shape index (κ2) is 7.35. The number of rotatable bonds is 3. The summed E-state index contributed by atoms with van der Waals surface area (Å²) in [6.45, 7) is 0.810. The van der Waals surface area contributed by atoms with Crippen LogP contribution in [0.25, 0.3) is 33.2 Å². The average Bonchev–Trinajstić information content (AvgIpc) is 3.20. The van der Waals surface area contributed by atoms with Gasteiger partial charge in [-0.3, -0.25) is 9.48 Å². The van der Waals surface area contributed by atoms with Gasteiger partial charge in [-0.05, 0) is 18.9 Å². The quantitative estimate of drug-likeness (QED) is 0.528. The van der Waals surface area contributed by atoms with E-state index in [0.717, 1.165) is 16.5 Å². The maximum atomic E-state index is 12.1. The van der Waals surface area contributed by atoms with Crippen molar-refractivity contribution in [3.63, 3.8) is 0 Å². The van der Waals surface area contributed by atoms with E-state index in [1.807, 2.05) is 42.5 Å². The van der Waals surface area contributed by atoms with Gasteiger partial charge < -0.3 is 15.7 Å². The highest BCUT2D eigenvalue weighted by atomic mass is 16.4. The standard InChI is InChI=1S/C22H20N6O3/c23-20(29)18-16-7-6-14-12-24-21(13-4-2-1-3-5-13)25-17(14)19(16)28(26-18)15-8-10-27(11-9-15)22(30)31/h1-7,12,15H,8-11H2,(H2,23,29)(H,30,31). The molecule has 1 aliphatic heterocycles. The molecule has 31 heavy (non-hydrogen) atoms. The number of carbonyl (C=O) groups is 2. The molecule has 3 heterocycles. The summed E-state index contributed by atoms with van der Waals surface area (Å²) < 4.78 is 1.80. The minimum absolute atomic E-state index is 0.0630. The van der Waals surface area contributed by atoms with Gasteiger partial charge >= 0.3 is 6.09 Å². The second-order valence-corrected chi connectivity index (χ2v) is 7.62. The van der Waals surface area contributed by atoms with Crippen molar-refractivity contribution in [1.29, 1.82) is 0 Å². The van der Waals surface area contributed by atoms with Crippen LogP contribution < -0.4 is 5.73 Å². The second-order valence-electron chi connectivity index (χ2n) is 7.62. The number of hydrogen-bond donors (Lipinski definition) is 2. The topological polar surface area (TPSA) is 127 Å². The third kappa shape index (κ3) is 3.24. The third-order valence-electron chi connectivity index (χ3n) is 5.76. The summed E-state index contributed by atoms with van der Waals surface area (Å²) in [4.78, 5) is 34.1. The summed E-state index contributed by atoms with van der Waals surface area (Å²) in [6, 6.07) is 13.3. The molecule has 1 aliphatic rings. The molecule has 4 aromatic rings. The van der Waals surface area contributed by atoms with E-state index in [2.05, 4.69) is 10.1 Å².